The van der Waals surface area contributed by atoms with Gasteiger partial charge in [-0.15, -0.1) is 48.0 Å². The molecule has 2 aliphatic heterocycles. The van der Waals surface area contributed by atoms with Gasteiger partial charge in [-0.25, -0.2) is 0 Å². The number of ether oxygens (including phenoxy) is 2. The molecule has 2 aromatic heterocycles. The maximum atomic E-state index is 6.52. The van der Waals surface area contributed by atoms with Crippen LogP contribution < -0.4 is 25.9 Å². The second kappa shape index (κ2) is 12.2. The van der Waals surface area contributed by atoms with Gasteiger partial charge in [0.1, 0.15) is 11.5 Å². The van der Waals surface area contributed by atoms with Crippen LogP contribution in [0.25, 0.3) is 22.5 Å². The Bertz CT molecular complexity index is 1900. The van der Waals surface area contributed by atoms with Crippen LogP contribution in [0.4, 0.5) is 0 Å². The van der Waals surface area contributed by atoms with E-state index in [1.807, 2.05) is 72.8 Å². The number of para-hydroxylation sites is 2. The molecule has 44 heavy (non-hydrogen) atoms. The smallest absolute Gasteiger partial charge is 0.239 e. The van der Waals surface area contributed by atoms with E-state index in [0.29, 0.717) is 0 Å². The molecule has 4 heterocycles. The number of benzene rings is 4. The van der Waals surface area contributed by atoms with Gasteiger partial charge in [-0.3, -0.25) is 0 Å². The molecule has 0 fully saturated rings. The predicted molar refractivity (Wildman–Crippen MR) is 171 cm³/mol. The Morgan fingerprint density at radius 1 is 0.659 bits per heavy atom. The number of rotatable bonds is 2. The third-order valence-corrected chi connectivity index (χ3v) is 8.35. The van der Waals surface area contributed by atoms with Gasteiger partial charge >= 0.3 is 0 Å². The van der Waals surface area contributed by atoms with E-state index >= 15 is 0 Å². The van der Waals surface area contributed by atoms with Gasteiger partial charge in [0.15, 0.2) is 0 Å². The first kappa shape index (κ1) is 28.3. The Hall–Kier alpha value is -4.51. The van der Waals surface area contributed by atoms with Crippen LogP contribution in [0.15, 0.2) is 115 Å². The molecule has 0 spiro atoms. The van der Waals surface area contributed by atoms with Crippen LogP contribution in [0.1, 0.15) is 24.1 Å². The molecule has 6 heteroatoms. The molecule has 0 unspecified atom stereocenters. The van der Waals surface area contributed by atoms with Crippen molar-refractivity contribution in [2.24, 2.45) is 0 Å². The number of hydrogen-bond acceptors (Lipinski definition) is 4. The Kier molecular flexibility index (Phi) is 7.87. The van der Waals surface area contributed by atoms with Crippen molar-refractivity contribution in [3.8, 4) is 45.5 Å². The molecular formula is C38H27BIrN2O2-2. The summed E-state index contributed by atoms with van der Waals surface area (Å²) in [6.07, 6.45) is 6.42. The van der Waals surface area contributed by atoms with E-state index in [9.17, 15) is 0 Å². The van der Waals surface area contributed by atoms with Crippen LogP contribution in [0.3, 0.4) is 0 Å². The van der Waals surface area contributed by atoms with Crippen molar-refractivity contribution >= 4 is 23.1 Å². The second-order valence-corrected chi connectivity index (χ2v) is 11.0. The van der Waals surface area contributed by atoms with Crippen molar-refractivity contribution in [1.82, 2.24) is 9.97 Å². The van der Waals surface area contributed by atoms with Gasteiger partial charge in [-0.05, 0) is 71.8 Å². The number of pyridine rings is 2. The molecule has 0 bridgehead atoms. The minimum absolute atomic E-state index is 0. The van der Waals surface area contributed by atoms with Crippen LogP contribution in [-0.2, 0) is 32.9 Å². The molecule has 4 aromatic carbocycles. The monoisotopic (exact) mass is 747 g/mol. The molecule has 215 valence electrons. The van der Waals surface area contributed by atoms with Crippen LogP contribution in [0.5, 0.6) is 23.0 Å². The average molecular weight is 747 g/mol. The fraction of sp³-hybridized carbons (Fsp3) is 0.105. The number of nitrogens with zero attached hydrogens (tertiary/aromatic N) is 2. The number of fused-ring (bicyclic) bond motifs is 5. The van der Waals surface area contributed by atoms with E-state index in [1.165, 1.54) is 35.0 Å². The normalized spacial score (nSPS) is 13.2. The van der Waals surface area contributed by atoms with Gasteiger partial charge in [-0.1, -0.05) is 71.7 Å². The molecule has 0 saturated heterocycles. The molecule has 0 saturated carbocycles. The third kappa shape index (κ3) is 5.15. The molecule has 9 rings (SSSR count). The van der Waals surface area contributed by atoms with E-state index in [1.54, 1.807) is 6.20 Å². The first-order valence-corrected chi connectivity index (χ1v) is 14.8. The van der Waals surface area contributed by atoms with Crippen molar-refractivity contribution in [3.63, 3.8) is 0 Å². The SMILES string of the molecule is [Ir].[c-]1cc2c3c(c1-c1ccc4c(n1)CCCC4)Oc1ccccc1B3c1ccccc1O2.[c-]1ccccc1-c1ccccn1. The molecular weight excluding hydrogens is 719 g/mol. The zero-order valence-electron chi connectivity index (χ0n) is 23.9. The molecule has 1 aliphatic carbocycles. The minimum atomic E-state index is 0. The third-order valence-electron chi connectivity index (χ3n) is 8.35. The molecule has 0 N–H and O–H groups in total. The van der Waals surface area contributed by atoms with Gasteiger partial charge in [0, 0.05) is 43.5 Å². The molecule has 0 amide bonds. The fourth-order valence-corrected chi connectivity index (χ4v) is 6.31. The summed E-state index contributed by atoms with van der Waals surface area (Å²) >= 11 is 0. The predicted octanol–water partition coefficient (Wildman–Crippen LogP) is 6.70. The average Bonchev–Trinajstić information content (AvgIpc) is 3.09. The van der Waals surface area contributed by atoms with Crippen LogP contribution in [0.2, 0.25) is 0 Å². The largest absolute Gasteiger partial charge is 0.503 e. The first-order valence-electron chi connectivity index (χ1n) is 14.8. The molecule has 6 aromatic rings. The second-order valence-electron chi connectivity index (χ2n) is 11.0. The van der Waals surface area contributed by atoms with Crippen molar-refractivity contribution in [3.05, 3.63) is 139 Å². The van der Waals surface area contributed by atoms with Crippen molar-refractivity contribution < 1.29 is 29.6 Å². The summed E-state index contributed by atoms with van der Waals surface area (Å²) < 4.78 is 12.8. The molecule has 3 aliphatic rings. The summed E-state index contributed by atoms with van der Waals surface area (Å²) in [4.78, 5) is 9.26. The molecule has 4 nitrogen and oxygen atoms in total. The summed E-state index contributed by atoms with van der Waals surface area (Å²) in [5, 5.41) is 0. The maximum absolute atomic E-state index is 6.52. The van der Waals surface area contributed by atoms with Crippen molar-refractivity contribution in [1.29, 1.82) is 0 Å². The summed E-state index contributed by atoms with van der Waals surface area (Å²) in [6, 6.07) is 43.2. The van der Waals surface area contributed by atoms with Gasteiger partial charge in [-0.2, -0.15) is 0 Å². The summed E-state index contributed by atoms with van der Waals surface area (Å²) in [5.41, 5.74) is 9.86. The number of hydrogen-bond donors (Lipinski definition) is 0. The van der Waals surface area contributed by atoms with Gasteiger partial charge in [0.25, 0.3) is 0 Å². The van der Waals surface area contributed by atoms with Crippen molar-refractivity contribution in [2.45, 2.75) is 25.7 Å². The van der Waals surface area contributed by atoms with Crippen LogP contribution in [0, 0.1) is 12.1 Å². The zero-order chi connectivity index (χ0) is 28.6. The Balaban J connectivity index is 0.000000203. The van der Waals surface area contributed by atoms with Crippen LogP contribution in [-0.4, -0.2) is 16.7 Å². The number of aryl methyl sites for hydroxylation is 2. The van der Waals surface area contributed by atoms with Gasteiger partial charge in [0.05, 0.1) is 0 Å². The summed E-state index contributed by atoms with van der Waals surface area (Å²) in [7, 11) is 0. The Morgan fingerprint density at radius 2 is 1.41 bits per heavy atom. The van der Waals surface area contributed by atoms with Gasteiger partial charge in [0.2, 0.25) is 6.71 Å². The van der Waals surface area contributed by atoms with Gasteiger partial charge < -0.3 is 19.4 Å². The summed E-state index contributed by atoms with van der Waals surface area (Å²) in [5.74, 6) is 3.42. The van der Waals surface area contributed by atoms with Crippen LogP contribution >= 0.6 is 0 Å². The van der Waals surface area contributed by atoms with E-state index in [4.69, 9.17) is 14.5 Å². The topological polar surface area (TPSA) is 44.2 Å². The zero-order valence-corrected chi connectivity index (χ0v) is 26.3. The standard InChI is InChI=1S/C27H19BNO2.C11H8N.Ir/c1-4-10-21-17(7-1)13-15-22(29-21)18-14-16-25-26-27(18)31-24-12-6-3-9-20(24)28(26)19-8-2-5-11-23(19)30-25;1-2-6-10(7-3-1)11-8-4-5-9-12-11;/h2-3,5-6,8-9,11-13,15-16H,1,4,7,10H2;1-6,8-9H;/q2*-1;. The Labute approximate surface area is 271 Å². The van der Waals surface area contributed by atoms with E-state index < -0.39 is 0 Å². The van der Waals surface area contributed by atoms with E-state index in [-0.39, 0.29) is 26.8 Å². The van der Waals surface area contributed by atoms with E-state index in [0.717, 1.165) is 63.8 Å². The fourth-order valence-electron chi connectivity index (χ4n) is 6.31. The minimum Gasteiger partial charge on any atom is -0.503 e. The quantitative estimate of drug-likeness (QED) is 0.146. The van der Waals surface area contributed by atoms with E-state index in [2.05, 4.69) is 53.5 Å². The molecule has 0 atom stereocenters. The maximum Gasteiger partial charge on any atom is 0.239 e. The van der Waals surface area contributed by atoms with Crippen molar-refractivity contribution in [2.75, 3.05) is 0 Å². The summed E-state index contributed by atoms with van der Waals surface area (Å²) in [6.45, 7) is 0.0749. The molecule has 1 radical (unpaired) electrons. The number of aromatic nitrogens is 2. The first-order chi connectivity index (χ1) is 21.3. The Morgan fingerprint density at radius 3 is 2.18 bits per heavy atom.